The zero-order valence-electron chi connectivity index (χ0n) is 23.5. The number of amides is 1. The smallest absolute Gasteiger partial charge is 0.407 e. The lowest BCUT2D eigenvalue weighted by Crippen LogP contribution is -2.54. The molecule has 0 radical (unpaired) electrons. The van der Waals surface area contributed by atoms with E-state index in [9.17, 15) is 32.8 Å². The minimum atomic E-state index is -4.38. The normalized spacial score (nSPS) is 21.7. The fourth-order valence-corrected chi connectivity index (χ4v) is 6.57. The van der Waals surface area contributed by atoms with Crippen molar-refractivity contribution in [3.8, 4) is 0 Å². The van der Waals surface area contributed by atoms with Gasteiger partial charge in [-0.25, -0.2) is 18.2 Å². The molecule has 2 aromatic carbocycles. The van der Waals surface area contributed by atoms with Crippen LogP contribution >= 0.6 is 0 Å². The third-order valence-corrected chi connectivity index (χ3v) is 8.79. The van der Waals surface area contributed by atoms with Crippen molar-refractivity contribution in [2.75, 3.05) is 19.7 Å². The number of nitrogens with zero attached hydrogens (tertiary/aromatic N) is 2. The molecule has 1 heterocycles. The first-order chi connectivity index (χ1) is 19.9. The van der Waals surface area contributed by atoms with Gasteiger partial charge < -0.3 is 19.9 Å². The van der Waals surface area contributed by atoms with E-state index in [-0.39, 0.29) is 37.6 Å². The number of alkyl carbamates (subject to hydrolysis) is 1. The van der Waals surface area contributed by atoms with Gasteiger partial charge in [0.2, 0.25) is 5.82 Å². The van der Waals surface area contributed by atoms with Crippen LogP contribution in [0.5, 0.6) is 0 Å². The molecule has 2 aliphatic rings. The van der Waals surface area contributed by atoms with Crippen molar-refractivity contribution in [1.82, 2.24) is 15.2 Å². The van der Waals surface area contributed by atoms with Crippen LogP contribution in [0.4, 0.5) is 14.9 Å². The van der Waals surface area contributed by atoms with E-state index in [1.807, 2.05) is 44.2 Å². The molecular weight excluding hydrogens is 571 g/mol. The van der Waals surface area contributed by atoms with Crippen LogP contribution in [0.1, 0.15) is 38.7 Å². The van der Waals surface area contributed by atoms with E-state index in [0.29, 0.717) is 31.1 Å². The summed E-state index contributed by atoms with van der Waals surface area (Å²) < 4.78 is 51.4. The third-order valence-electron chi connectivity index (χ3n) is 7.41. The van der Waals surface area contributed by atoms with E-state index in [2.05, 4.69) is 10.1 Å². The molecule has 4 rings (SSSR count). The van der Waals surface area contributed by atoms with Gasteiger partial charge in [-0.1, -0.05) is 44.2 Å². The maximum absolute atomic E-state index is 13.8. The minimum Gasteiger partial charge on any atom is -0.446 e. The number of aliphatic hydroxyl groups excluding tert-OH is 1. The third kappa shape index (κ3) is 8.44. The van der Waals surface area contributed by atoms with Crippen LogP contribution < -0.4 is 10.1 Å². The lowest BCUT2D eigenvalue weighted by Gasteiger charge is -2.31. The Morgan fingerprint density at radius 2 is 1.95 bits per heavy atom. The molecule has 1 saturated carbocycles. The van der Waals surface area contributed by atoms with Crippen molar-refractivity contribution in [2.45, 2.75) is 68.8 Å². The summed E-state index contributed by atoms with van der Waals surface area (Å²) in [6.07, 6.45) is 0.372. The van der Waals surface area contributed by atoms with E-state index < -0.39 is 49.6 Å². The maximum atomic E-state index is 13.8. The van der Waals surface area contributed by atoms with Gasteiger partial charge in [-0.3, -0.25) is 10.1 Å². The van der Waals surface area contributed by atoms with Gasteiger partial charge in [0.05, 0.1) is 28.1 Å². The summed E-state index contributed by atoms with van der Waals surface area (Å²) in [7, 11) is -4.38. The number of ether oxygens (including phenoxy) is 2. The summed E-state index contributed by atoms with van der Waals surface area (Å²) >= 11 is 0. The van der Waals surface area contributed by atoms with Crippen molar-refractivity contribution in [3.63, 3.8) is 0 Å². The molecule has 2 aromatic rings. The zero-order chi connectivity index (χ0) is 30.4. The SMILES string of the molecule is CC(C)CN(C[C@@H](O)[C@H](Cc1ccccc1)NC(=O)O[C@@H]1CC2CCO[C@@H]2C1)NS(=O)(=O)c1ccc(F)c([N+](=O)[O-])c1. The highest BCUT2D eigenvalue weighted by molar-refractivity contribution is 7.89. The molecule has 2 fully saturated rings. The average Bonchev–Trinajstić information content (AvgIpc) is 3.50. The largest absolute Gasteiger partial charge is 0.446 e. The Kier molecular flexibility index (Phi) is 10.5. The lowest BCUT2D eigenvalue weighted by atomic mass is 10.0. The number of fused-ring (bicyclic) bond motifs is 1. The van der Waals surface area contributed by atoms with Crippen molar-refractivity contribution in [3.05, 3.63) is 70.0 Å². The first kappa shape index (κ1) is 31.8. The average molecular weight is 609 g/mol. The number of carbonyl (C=O) groups is 1. The summed E-state index contributed by atoms with van der Waals surface area (Å²) in [5, 5.41) is 26.5. The number of hydrazine groups is 1. The molecule has 3 N–H and O–H groups in total. The van der Waals surface area contributed by atoms with Crippen molar-refractivity contribution in [1.29, 1.82) is 0 Å². The van der Waals surface area contributed by atoms with Gasteiger partial charge >= 0.3 is 11.8 Å². The number of rotatable bonds is 13. The Labute approximate surface area is 244 Å². The van der Waals surface area contributed by atoms with Crippen LogP contribution in [0.3, 0.4) is 0 Å². The van der Waals surface area contributed by atoms with Gasteiger partial charge in [0.25, 0.3) is 10.0 Å². The Hall–Kier alpha value is -3.17. The second kappa shape index (κ2) is 13.9. The number of nitrogens with one attached hydrogen (secondary N) is 2. The molecule has 1 amide bonds. The maximum Gasteiger partial charge on any atom is 0.407 e. The fraction of sp³-hybridized carbons (Fsp3) is 0.536. The predicted molar refractivity (Wildman–Crippen MR) is 150 cm³/mol. The summed E-state index contributed by atoms with van der Waals surface area (Å²) in [4.78, 5) is 24.9. The van der Waals surface area contributed by atoms with Gasteiger partial charge in [-0.15, -0.1) is 4.83 Å². The molecule has 14 heteroatoms. The molecule has 12 nitrogen and oxygen atoms in total. The van der Waals surface area contributed by atoms with E-state index in [1.165, 1.54) is 5.01 Å². The van der Waals surface area contributed by atoms with Crippen LogP contribution in [0.15, 0.2) is 53.4 Å². The molecule has 0 spiro atoms. The van der Waals surface area contributed by atoms with Crippen LogP contribution in [-0.4, -0.2) is 73.6 Å². The summed E-state index contributed by atoms with van der Waals surface area (Å²) in [6, 6.07) is 10.6. The standard InChI is InChI=1S/C28H37FN4O8S/c1-18(2)16-32(31-42(38,39)22-8-9-23(29)25(15-22)33(36)37)17-26(34)24(12-19-6-4-3-5-7-19)30-28(35)41-21-13-20-10-11-40-27(20)14-21/h3-9,15,18,20-21,24,26-27,31,34H,10-14,16-17H2,1-2H3,(H,30,35)/t20?,21-,24+,26-,27-/m1/s1. The second-order valence-electron chi connectivity index (χ2n) is 11.2. The number of nitro benzene ring substituents is 1. The zero-order valence-corrected chi connectivity index (χ0v) is 24.3. The quantitative estimate of drug-likeness (QED) is 0.229. The number of halogens is 1. The van der Waals surface area contributed by atoms with E-state index in [1.54, 1.807) is 0 Å². The van der Waals surface area contributed by atoms with Gasteiger partial charge in [-0.05, 0) is 48.8 Å². The van der Waals surface area contributed by atoms with Crippen LogP contribution in [0.2, 0.25) is 0 Å². The van der Waals surface area contributed by atoms with Crippen LogP contribution in [-0.2, 0) is 25.9 Å². The Morgan fingerprint density at radius 1 is 1.21 bits per heavy atom. The number of sulfonamides is 1. The Bertz CT molecular complexity index is 1330. The lowest BCUT2D eigenvalue weighted by molar-refractivity contribution is -0.387. The number of nitro groups is 1. The first-order valence-electron chi connectivity index (χ1n) is 13.9. The van der Waals surface area contributed by atoms with Gasteiger partial charge in [-0.2, -0.15) is 4.39 Å². The number of benzene rings is 2. The van der Waals surface area contributed by atoms with Gasteiger partial charge in [0.15, 0.2) is 0 Å². The first-order valence-corrected chi connectivity index (χ1v) is 15.4. The highest BCUT2D eigenvalue weighted by Gasteiger charge is 2.40. The van der Waals surface area contributed by atoms with E-state index in [4.69, 9.17) is 9.47 Å². The topological polar surface area (TPSA) is 160 Å². The molecule has 1 unspecified atom stereocenters. The monoisotopic (exact) mass is 608 g/mol. The van der Waals surface area contributed by atoms with Crippen LogP contribution in [0, 0.1) is 27.8 Å². The summed E-state index contributed by atoms with van der Waals surface area (Å²) in [5.41, 5.74) is -0.142. The molecule has 1 aliphatic heterocycles. The van der Waals surface area contributed by atoms with Crippen molar-refractivity contribution in [2.24, 2.45) is 11.8 Å². The summed E-state index contributed by atoms with van der Waals surface area (Å²) in [6.45, 7) is 4.32. The fourth-order valence-electron chi connectivity index (χ4n) is 5.47. The van der Waals surface area contributed by atoms with Gasteiger partial charge in [0, 0.05) is 32.2 Å². The van der Waals surface area contributed by atoms with Crippen LogP contribution in [0.25, 0.3) is 0 Å². The molecule has 1 aliphatic carbocycles. The number of aliphatic hydroxyl groups is 1. The second-order valence-corrected chi connectivity index (χ2v) is 12.9. The molecule has 0 bridgehead atoms. The molecule has 1 saturated heterocycles. The molecular formula is C28H37FN4O8S. The molecule has 42 heavy (non-hydrogen) atoms. The van der Waals surface area contributed by atoms with E-state index in [0.717, 1.165) is 24.5 Å². The highest BCUT2D eigenvalue weighted by atomic mass is 32.2. The summed E-state index contributed by atoms with van der Waals surface area (Å²) in [5.74, 6) is -0.853. The molecule has 230 valence electrons. The Balaban J connectivity index is 1.48. The minimum absolute atomic E-state index is 0.0583. The van der Waals surface area contributed by atoms with Gasteiger partial charge in [0.1, 0.15) is 6.10 Å². The van der Waals surface area contributed by atoms with Crippen molar-refractivity contribution >= 4 is 21.8 Å². The van der Waals surface area contributed by atoms with Crippen molar-refractivity contribution < 1.29 is 37.1 Å². The predicted octanol–water partition coefficient (Wildman–Crippen LogP) is 3.15. The number of hydrogen-bond donors (Lipinski definition) is 3. The molecule has 0 aromatic heterocycles. The number of carbonyl (C=O) groups excluding carboxylic acids is 1. The van der Waals surface area contributed by atoms with E-state index >= 15 is 0 Å². The molecule has 5 atom stereocenters. The number of hydrogen-bond acceptors (Lipinski definition) is 9. The Morgan fingerprint density at radius 3 is 2.62 bits per heavy atom. The highest BCUT2D eigenvalue weighted by Crippen LogP contribution is 2.37.